The smallest absolute Gasteiger partial charge is 0.419 e. The minimum absolute atomic E-state index is 0.0233. The summed E-state index contributed by atoms with van der Waals surface area (Å²) >= 11 is 11.9. The molecule has 0 saturated carbocycles. The molecule has 17 heavy (non-hydrogen) atoms. The Kier molecular flexibility index (Phi) is 3.66. The number of carbonyl (C=O) groups is 1. The first-order chi connectivity index (χ1) is 8.18. The number of halogens is 2. The third kappa shape index (κ3) is 2.78. The zero-order valence-corrected chi connectivity index (χ0v) is 10.1. The second-order valence-corrected chi connectivity index (χ2v) is 4.04. The lowest BCUT2D eigenvalue weighted by atomic mass is 10.2. The zero-order valence-electron chi connectivity index (χ0n) is 8.64. The fourth-order valence-corrected chi connectivity index (χ4v) is 1.75. The Bertz CT molecular complexity index is 506. The number of hydrogen-bond acceptors (Lipinski definition) is 3. The van der Waals surface area contributed by atoms with Gasteiger partial charge in [-0.3, -0.25) is 0 Å². The molecule has 0 unspecified atom stereocenters. The molecular formula is C11H8Cl2N2O2. The van der Waals surface area contributed by atoms with Crippen LogP contribution in [0.25, 0.3) is 0 Å². The first-order valence-electron chi connectivity index (χ1n) is 4.76. The molecule has 0 aliphatic heterocycles. The highest BCUT2D eigenvalue weighted by Crippen LogP contribution is 2.24. The molecule has 0 atom stereocenters. The van der Waals surface area contributed by atoms with Crippen molar-refractivity contribution in [3.05, 3.63) is 52.5 Å². The quantitative estimate of drug-likeness (QED) is 0.841. The predicted molar refractivity (Wildman–Crippen MR) is 64.3 cm³/mol. The van der Waals surface area contributed by atoms with Gasteiger partial charge in [0.2, 0.25) is 0 Å². The number of rotatable bonds is 2. The third-order valence-electron chi connectivity index (χ3n) is 2.12. The standard InChI is InChI=1S/C11H8Cl2N2O2/c12-9-2-1-3-10(13)8(9)6-17-11(16)15-5-4-14-7-15/h1-5,7H,6H2. The lowest BCUT2D eigenvalue weighted by molar-refractivity contribution is 0.141. The second kappa shape index (κ2) is 5.21. The average Bonchev–Trinajstić information content (AvgIpc) is 2.81. The Balaban J connectivity index is 2.06. The molecule has 0 fully saturated rings. The number of imidazole rings is 1. The van der Waals surface area contributed by atoms with Gasteiger partial charge in [0.25, 0.3) is 0 Å². The Hall–Kier alpha value is -1.52. The highest BCUT2D eigenvalue weighted by atomic mass is 35.5. The molecular weight excluding hydrogens is 263 g/mol. The number of nitrogens with zero attached hydrogens (tertiary/aromatic N) is 2. The van der Waals surface area contributed by atoms with Crippen LogP contribution < -0.4 is 0 Å². The van der Waals surface area contributed by atoms with Gasteiger partial charge in [-0.25, -0.2) is 14.3 Å². The van der Waals surface area contributed by atoms with E-state index in [9.17, 15) is 4.79 Å². The van der Waals surface area contributed by atoms with Crippen LogP contribution in [0.2, 0.25) is 10.0 Å². The van der Waals surface area contributed by atoms with Crippen LogP contribution in [-0.4, -0.2) is 15.6 Å². The van der Waals surface area contributed by atoms with Crippen molar-refractivity contribution in [1.29, 1.82) is 0 Å². The Morgan fingerprint density at radius 1 is 1.35 bits per heavy atom. The van der Waals surface area contributed by atoms with Crippen LogP contribution in [0.5, 0.6) is 0 Å². The van der Waals surface area contributed by atoms with Gasteiger partial charge in [0.15, 0.2) is 0 Å². The summed E-state index contributed by atoms with van der Waals surface area (Å²) in [6.07, 6.45) is 3.81. The zero-order chi connectivity index (χ0) is 12.3. The van der Waals surface area contributed by atoms with Crippen LogP contribution >= 0.6 is 23.2 Å². The van der Waals surface area contributed by atoms with Crippen molar-refractivity contribution in [2.75, 3.05) is 0 Å². The molecule has 1 aromatic carbocycles. The van der Waals surface area contributed by atoms with Gasteiger partial charge in [0.05, 0.1) is 0 Å². The molecule has 2 rings (SSSR count). The van der Waals surface area contributed by atoms with Crippen LogP contribution in [-0.2, 0) is 11.3 Å². The van der Waals surface area contributed by atoms with Gasteiger partial charge in [-0.15, -0.1) is 0 Å². The number of carbonyl (C=O) groups excluding carboxylic acids is 1. The van der Waals surface area contributed by atoms with E-state index in [-0.39, 0.29) is 6.61 Å². The predicted octanol–water partition coefficient (Wildman–Crippen LogP) is 3.37. The van der Waals surface area contributed by atoms with Crippen molar-refractivity contribution in [3.63, 3.8) is 0 Å². The lowest BCUT2D eigenvalue weighted by Gasteiger charge is -2.08. The molecule has 2 aromatic rings. The van der Waals surface area contributed by atoms with Crippen molar-refractivity contribution >= 4 is 29.3 Å². The van der Waals surface area contributed by atoms with Crippen molar-refractivity contribution < 1.29 is 9.53 Å². The molecule has 88 valence electrons. The van der Waals surface area contributed by atoms with Gasteiger partial charge in [-0.1, -0.05) is 29.3 Å². The molecule has 6 heteroatoms. The first kappa shape index (κ1) is 12.0. The summed E-state index contributed by atoms with van der Waals surface area (Å²) in [6, 6.07) is 5.10. The summed E-state index contributed by atoms with van der Waals surface area (Å²) in [7, 11) is 0. The van der Waals surface area contributed by atoms with E-state index in [1.165, 1.54) is 23.3 Å². The molecule has 4 nitrogen and oxygen atoms in total. The molecule has 1 heterocycles. The summed E-state index contributed by atoms with van der Waals surface area (Å²) in [5.41, 5.74) is 0.587. The molecule has 0 bridgehead atoms. The van der Waals surface area contributed by atoms with E-state index in [2.05, 4.69) is 4.98 Å². The van der Waals surface area contributed by atoms with Gasteiger partial charge in [-0.05, 0) is 12.1 Å². The second-order valence-electron chi connectivity index (χ2n) is 3.22. The van der Waals surface area contributed by atoms with E-state index in [0.29, 0.717) is 15.6 Å². The average molecular weight is 271 g/mol. The molecule has 0 spiro atoms. The summed E-state index contributed by atoms with van der Waals surface area (Å²) in [4.78, 5) is 15.3. The fraction of sp³-hybridized carbons (Fsp3) is 0.0909. The summed E-state index contributed by atoms with van der Waals surface area (Å²) < 4.78 is 6.28. The minimum atomic E-state index is -0.529. The topological polar surface area (TPSA) is 44.1 Å². The molecule has 0 radical (unpaired) electrons. The van der Waals surface area contributed by atoms with E-state index in [1.54, 1.807) is 18.2 Å². The molecule has 0 amide bonds. The molecule has 0 aliphatic rings. The normalized spacial score (nSPS) is 10.2. The van der Waals surface area contributed by atoms with Crippen LogP contribution in [0.3, 0.4) is 0 Å². The van der Waals surface area contributed by atoms with Crippen LogP contribution in [0.1, 0.15) is 5.56 Å². The van der Waals surface area contributed by atoms with E-state index in [1.807, 2.05) is 0 Å². The SMILES string of the molecule is O=C(OCc1c(Cl)cccc1Cl)n1ccnc1. The highest BCUT2D eigenvalue weighted by Gasteiger charge is 2.09. The van der Waals surface area contributed by atoms with Gasteiger partial charge in [0.1, 0.15) is 12.9 Å². The molecule has 0 aliphatic carbocycles. The monoisotopic (exact) mass is 270 g/mol. The molecule has 0 saturated heterocycles. The van der Waals surface area contributed by atoms with Crippen molar-refractivity contribution in [2.45, 2.75) is 6.61 Å². The molecule has 0 N–H and O–H groups in total. The number of hydrogen-bond donors (Lipinski definition) is 0. The van der Waals surface area contributed by atoms with E-state index < -0.39 is 6.09 Å². The van der Waals surface area contributed by atoms with Crippen molar-refractivity contribution in [2.24, 2.45) is 0 Å². The summed E-state index contributed by atoms with van der Waals surface area (Å²) in [5.74, 6) is 0. The maximum absolute atomic E-state index is 11.5. The van der Waals surface area contributed by atoms with Gasteiger partial charge in [-0.2, -0.15) is 0 Å². The lowest BCUT2D eigenvalue weighted by Crippen LogP contribution is -2.11. The number of benzene rings is 1. The Morgan fingerprint density at radius 2 is 2.06 bits per heavy atom. The Labute approximate surface area is 108 Å². The highest BCUT2D eigenvalue weighted by molar-refractivity contribution is 6.35. The van der Waals surface area contributed by atoms with E-state index in [4.69, 9.17) is 27.9 Å². The largest absolute Gasteiger partial charge is 0.444 e. The first-order valence-corrected chi connectivity index (χ1v) is 5.52. The van der Waals surface area contributed by atoms with Gasteiger partial charge in [0, 0.05) is 28.0 Å². The van der Waals surface area contributed by atoms with Gasteiger partial charge >= 0.3 is 6.09 Å². The van der Waals surface area contributed by atoms with Gasteiger partial charge < -0.3 is 4.74 Å². The maximum atomic E-state index is 11.5. The Morgan fingerprint density at radius 3 is 2.65 bits per heavy atom. The molecule has 1 aromatic heterocycles. The third-order valence-corrected chi connectivity index (χ3v) is 2.83. The summed E-state index contributed by atoms with van der Waals surface area (Å²) in [5, 5.41) is 0.937. The fourth-order valence-electron chi connectivity index (χ4n) is 1.25. The van der Waals surface area contributed by atoms with E-state index >= 15 is 0 Å². The van der Waals surface area contributed by atoms with Crippen molar-refractivity contribution in [1.82, 2.24) is 9.55 Å². The van der Waals surface area contributed by atoms with Crippen LogP contribution in [0.4, 0.5) is 4.79 Å². The minimum Gasteiger partial charge on any atom is -0.444 e. The van der Waals surface area contributed by atoms with Crippen molar-refractivity contribution in [3.8, 4) is 0 Å². The number of ether oxygens (including phenoxy) is 1. The maximum Gasteiger partial charge on any atom is 0.419 e. The number of aromatic nitrogens is 2. The summed E-state index contributed by atoms with van der Waals surface area (Å²) in [6.45, 7) is 0.0233. The van der Waals surface area contributed by atoms with E-state index in [0.717, 1.165) is 0 Å². The van der Waals surface area contributed by atoms with Crippen LogP contribution in [0.15, 0.2) is 36.9 Å². The van der Waals surface area contributed by atoms with Crippen LogP contribution in [0, 0.1) is 0 Å².